The summed E-state index contributed by atoms with van der Waals surface area (Å²) in [6.07, 6.45) is -0.566. The van der Waals surface area contributed by atoms with Gasteiger partial charge in [-0.3, -0.25) is 4.79 Å². The van der Waals surface area contributed by atoms with E-state index >= 15 is 0 Å². The fourth-order valence-corrected chi connectivity index (χ4v) is 2.01. The largest absolute Gasteiger partial charge is 0.390 e. The summed E-state index contributed by atoms with van der Waals surface area (Å²) in [6.45, 7) is 4.61. The van der Waals surface area contributed by atoms with Crippen molar-refractivity contribution in [3.05, 3.63) is 35.9 Å². The van der Waals surface area contributed by atoms with E-state index in [1.807, 2.05) is 30.3 Å². The zero-order valence-electron chi connectivity index (χ0n) is 9.68. The van der Waals surface area contributed by atoms with E-state index in [1.165, 1.54) is 0 Å². The van der Waals surface area contributed by atoms with Crippen LogP contribution in [0.2, 0.25) is 0 Å². The van der Waals surface area contributed by atoms with Crippen molar-refractivity contribution in [3.8, 4) is 0 Å². The molecule has 1 atom stereocenters. The molecule has 3 heteroatoms. The van der Waals surface area contributed by atoms with E-state index in [4.69, 9.17) is 0 Å². The molecule has 1 aromatic carbocycles. The fraction of sp³-hybridized carbons (Fsp3) is 0.462. The lowest BCUT2D eigenvalue weighted by Gasteiger charge is -2.19. The van der Waals surface area contributed by atoms with Gasteiger partial charge in [-0.25, -0.2) is 0 Å². The van der Waals surface area contributed by atoms with Crippen molar-refractivity contribution in [1.29, 1.82) is 0 Å². The number of carbonyl (C=O) groups excluding carboxylic acids is 1. The van der Waals surface area contributed by atoms with Crippen molar-refractivity contribution < 1.29 is 9.90 Å². The summed E-state index contributed by atoms with van der Waals surface area (Å²) < 4.78 is 0. The molecule has 2 rings (SSSR count). The maximum absolute atomic E-state index is 12.0. The molecule has 1 unspecified atom stereocenters. The number of aliphatic hydroxyl groups excluding tert-OH is 1. The maximum atomic E-state index is 12.0. The molecule has 1 saturated heterocycles. The number of amides is 1. The van der Waals surface area contributed by atoms with Crippen LogP contribution in [0.5, 0.6) is 0 Å². The van der Waals surface area contributed by atoms with Gasteiger partial charge >= 0.3 is 0 Å². The topological polar surface area (TPSA) is 40.5 Å². The van der Waals surface area contributed by atoms with E-state index < -0.39 is 11.5 Å². The van der Waals surface area contributed by atoms with Crippen LogP contribution in [0.15, 0.2) is 30.3 Å². The van der Waals surface area contributed by atoms with Crippen molar-refractivity contribution in [2.75, 3.05) is 6.54 Å². The molecule has 0 bridgehead atoms. The van der Waals surface area contributed by atoms with Crippen LogP contribution in [0.1, 0.15) is 19.4 Å². The quantitative estimate of drug-likeness (QED) is 0.817. The number of likely N-dealkylation sites (tertiary alicyclic amines) is 1. The number of nitrogens with zero attached hydrogens (tertiary/aromatic N) is 1. The molecule has 0 radical (unpaired) electrons. The molecule has 1 aromatic rings. The molecule has 86 valence electrons. The Balaban J connectivity index is 2.11. The molecule has 1 heterocycles. The van der Waals surface area contributed by atoms with Crippen LogP contribution in [0.3, 0.4) is 0 Å². The minimum absolute atomic E-state index is 0.0313. The number of aliphatic hydroxyl groups is 1. The predicted molar refractivity (Wildman–Crippen MR) is 61.6 cm³/mol. The van der Waals surface area contributed by atoms with Gasteiger partial charge in [0.2, 0.25) is 5.91 Å². The fourth-order valence-electron chi connectivity index (χ4n) is 2.01. The van der Waals surface area contributed by atoms with Gasteiger partial charge in [0.05, 0.1) is 11.5 Å². The van der Waals surface area contributed by atoms with E-state index in [2.05, 4.69) is 0 Å². The Hall–Kier alpha value is -1.35. The summed E-state index contributed by atoms with van der Waals surface area (Å²) in [6, 6.07) is 9.85. The number of carbonyl (C=O) groups is 1. The minimum atomic E-state index is -0.644. The molecule has 0 spiro atoms. The molecule has 1 N–H and O–H groups in total. The normalized spacial score (nSPS) is 23.8. The maximum Gasteiger partial charge on any atom is 0.231 e. The SMILES string of the molecule is CC1(C)C(=O)N(Cc2ccccc2)CC1O. The Bertz CT molecular complexity index is 386. The van der Waals surface area contributed by atoms with E-state index in [0.717, 1.165) is 5.56 Å². The third kappa shape index (κ3) is 1.83. The van der Waals surface area contributed by atoms with Crippen LogP contribution in [-0.2, 0) is 11.3 Å². The highest BCUT2D eigenvalue weighted by molar-refractivity contribution is 5.85. The highest BCUT2D eigenvalue weighted by Crippen LogP contribution is 2.31. The zero-order valence-corrected chi connectivity index (χ0v) is 9.68. The van der Waals surface area contributed by atoms with Crippen molar-refractivity contribution in [2.24, 2.45) is 5.41 Å². The first-order chi connectivity index (χ1) is 7.51. The van der Waals surface area contributed by atoms with Crippen LogP contribution in [0, 0.1) is 5.41 Å². The lowest BCUT2D eigenvalue weighted by atomic mass is 9.89. The summed E-state index contributed by atoms with van der Waals surface area (Å²) in [4.78, 5) is 13.7. The van der Waals surface area contributed by atoms with Crippen LogP contribution >= 0.6 is 0 Å². The highest BCUT2D eigenvalue weighted by atomic mass is 16.3. The number of benzene rings is 1. The predicted octanol–water partition coefficient (Wildman–Crippen LogP) is 1.42. The van der Waals surface area contributed by atoms with Crippen LogP contribution < -0.4 is 0 Å². The first-order valence-corrected chi connectivity index (χ1v) is 5.53. The lowest BCUT2D eigenvalue weighted by Crippen LogP contribution is -2.32. The van der Waals surface area contributed by atoms with Gasteiger partial charge in [0, 0.05) is 13.1 Å². The van der Waals surface area contributed by atoms with Crippen LogP contribution in [0.4, 0.5) is 0 Å². The molecular formula is C13H17NO2. The van der Waals surface area contributed by atoms with E-state index in [-0.39, 0.29) is 5.91 Å². The summed E-state index contributed by atoms with van der Waals surface area (Å²) in [5.74, 6) is 0.0313. The van der Waals surface area contributed by atoms with Gasteiger partial charge in [0.15, 0.2) is 0 Å². The molecule has 0 saturated carbocycles. The molecule has 3 nitrogen and oxygen atoms in total. The zero-order chi connectivity index (χ0) is 11.8. The Morgan fingerprint density at radius 3 is 2.50 bits per heavy atom. The van der Waals surface area contributed by atoms with Gasteiger partial charge in [-0.1, -0.05) is 30.3 Å². The van der Waals surface area contributed by atoms with Crippen molar-refractivity contribution in [3.63, 3.8) is 0 Å². The van der Waals surface area contributed by atoms with E-state index in [9.17, 15) is 9.90 Å². The Kier molecular flexibility index (Phi) is 2.72. The highest BCUT2D eigenvalue weighted by Gasteiger charge is 2.46. The van der Waals surface area contributed by atoms with Gasteiger partial charge in [-0.05, 0) is 19.4 Å². The van der Waals surface area contributed by atoms with Crippen LogP contribution in [0.25, 0.3) is 0 Å². The summed E-state index contributed by atoms with van der Waals surface area (Å²) >= 11 is 0. The first kappa shape index (κ1) is 11.1. The van der Waals surface area contributed by atoms with Crippen molar-refractivity contribution in [1.82, 2.24) is 4.90 Å². The number of β-amino-alcohol motifs (C(OH)–C–C–N with tert-alkyl or cyclic N) is 1. The molecule has 1 fully saturated rings. The summed E-state index contributed by atoms with van der Waals surface area (Å²) in [7, 11) is 0. The van der Waals surface area contributed by atoms with Crippen molar-refractivity contribution in [2.45, 2.75) is 26.5 Å². The summed E-state index contributed by atoms with van der Waals surface area (Å²) in [5.41, 5.74) is 0.454. The average Bonchev–Trinajstić information content (AvgIpc) is 2.45. The number of hydrogen-bond donors (Lipinski definition) is 1. The molecular weight excluding hydrogens is 202 g/mol. The van der Waals surface area contributed by atoms with Gasteiger partial charge in [0.1, 0.15) is 0 Å². The second-order valence-electron chi connectivity index (χ2n) is 4.91. The molecule has 1 aliphatic rings. The van der Waals surface area contributed by atoms with Gasteiger partial charge < -0.3 is 10.0 Å². The molecule has 0 aromatic heterocycles. The Morgan fingerprint density at radius 2 is 2.00 bits per heavy atom. The third-order valence-electron chi connectivity index (χ3n) is 3.28. The lowest BCUT2D eigenvalue weighted by molar-refractivity contribution is -0.136. The first-order valence-electron chi connectivity index (χ1n) is 5.53. The van der Waals surface area contributed by atoms with Crippen molar-refractivity contribution >= 4 is 5.91 Å². The van der Waals surface area contributed by atoms with Gasteiger partial charge in [0.25, 0.3) is 0 Å². The van der Waals surface area contributed by atoms with Crippen LogP contribution in [-0.4, -0.2) is 28.6 Å². The number of hydrogen-bond acceptors (Lipinski definition) is 2. The standard InChI is InChI=1S/C13H17NO2/c1-13(2)11(15)9-14(12(13)16)8-10-6-4-3-5-7-10/h3-7,11,15H,8-9H2,1-2H3. The second kappa shape index (κ2) is 3.91. The second-order valence-corrected chi connectivity index (χ2v) is 4.91. The summed E-state index contributed by atoms with van der Waals surface area (Å²) in [5, 5.41) is 9.81. The van der Waals surface area contributed by atoms with E-state index in [0.29, 0.717) is 13.1 Å². The Labute approximate surface area is 95.7 Å². The smallest absolute Gasteiger partial charge is 0.231 e. The average molecular weight is 219 g/mol. The molecule has 0 aliphatic carbocycles. The van der Waals surface area contributed by atoms with E-state index in [1.54, 1.807) is 18.7 Å². The minimum Gasteiger partial charge on any atom is -0.390 e. The molecule has 1 amide bonds. The molecule has 1 aliphatic heterocycles. The number of rotatable bonds is 2. The van der Waals surface area contributed by atoms with Gasteiger partial charge in [-0.15, -0.1) is 0 Å². The third-order valence-corrected chi connectivity index (χ3v) is 3.28. The monoisotopic (exact) mass is 219 g/mol. The molecule has 16 heavy (non-hydrogen) atoms. The van der Waals surface area contributed by atoms with Gasteiger partial charge in [-0.2, -0.15) is 0 Å². The Morgan fingerprint density at radius 1 is 1.38 bits per heavy atom.